The van der Waals surface area contributed by atoms with Gasteiger partial charge in [0.1, 0.15) is 10.7 Å². The van der Waals surface area contributed by atoms with Crippen LogP contribution in [-0.4, -0.2) is 29.7 Å². The molecule has 3 N–H and O–H groups in total. The molecular weight excluding hydrogens is 301 g/mol. The zero-order valence-corrected chi connectivity index (χ0v) is 11.7. The summed E-state index contributed by atoms with van der Waals surface area (Å²) >= 11 is 0. The van der Waals surface area contributed by atoms with Crippen LogP contribution >= 0.6 is 0 Å². The molecule has 0 fully saturated rings. The molecule has 0 aliphatic heterocycles. The molecule has 112 valence electrons. The van der Waals surface area contributed by atoms with Crippen molar-refractivity contribution in [2.24, 2.45) is 0 Å². The molecule has 0 radical (unpaired) electrons. The molecule has 1 atom stereocenters. The van der Waals surface area contributed by atoms with E-state index in [1.54, 1.807) is 6.92 Å². The van der Waals surface area contributed by atoms with Crippen molar-refractivity contribution < 1.29 is 22.7 Å². The first-order valence-electron chi connectivity index (χ1n) is 5.85. The Labute approximate surface area is 119 Å². The summed E-state index contributed by atoms with van der Waals surface area (Å²) in [4.78, 5) is 10.1. The number of hydrogen-bond acceptors (Lipinski definition) is 4. The van der Waals surface area contributed by atoms with E-state index in [4.69, 9.17) is 5.11 Å². The van der Waals surface area contributed by atoms with Crippen LogP contribution in [-0.2, 0) is 10.0 Å². The van der Waals surface area contributed by atoms with Crippen molar-refractivity contribution in [3.63, 3.8) is 0 Å². The Morgan fingerprint density at radius 2 is 2.19 bits per heavy atom. The molecule has 21 heavy (non-hydrogen) atoms. The third kappa shape index (κ3) is 3.26. The molecule has 0 amide bonds. The fourth-order valence-corrected chi connectivity index (χ4v) is 3.04. The summed E-state index contributed by atoms with van der Waals surface area (Å²) in [6.45, 7) is 1.56. The van der Waals surface area contributed by atoms with Crippen molar-refractivity contribution in [2.75, 3.05) is 0 Å². The summed E-state index contributed by atoms with van der Waals surface area (Å²) in [5.41, 5.74) is 0.251. The van der Waals surface area contributed by atoms with Gasteiger partial charge in [0.05, 0.1) is 11.8 Å². The maximum atomic E-state index is 13.7. The number of hydrogen-bond donors (Lipinski definition) is 3. The first-order chi connectivity index (χ1) is 9.81. The van der Waals surface area contributed by atoms with Gasteiger partial charge in [0.2, 0.25) is 10.0 Å². The number of aromatic amines is 1. The number of nitrogens with one attached hydrogen (secondary N) is 2. The van der Waals surface area contributed by atoms with Crippen LogP contribution in [0.4, 0.5) is 4.39 Å². The lowest BCUT2D eigenvalue weighted by molar-refractivity contribution is 0.0696. The second-order valence-corrected chi connectivity index (χ2v) is 6.01. The lowest BCUT2D eigenvalue weighted by atomic mass is 10.2. The summed E-state index contributed by atoms with van der Waals surface area (Å²) in [5.74, 6) is -2.36. The summed E-state index contributed by atoms with van der Waals surface area (Å²) in [5, 5.41) is 15.1. The van der Waals surface area contributed by atoms with E-state index >= 15 is 0 Å². The van der Waals surface area contributed by atoms with E-state index < -0.39 is 32.7 Å². The molecule has 0 aliphatic carbocycles. The number of benzene rings is 1. The Hall–Kier alpha value is -2.26. The van der Waals surface area contributed by atoms with E-state index in [1.165, 1.54) is 12.4 Å². The van der Waals surface area contributed by atoms with Gasteiger partial charge in [-0.1, -0.05) is 0 Å². The van der Waals surface area contributed by atoms with Gasteiger partial charge in [-0.25, -0.2) is 22.3 Å². The van der Waals surface area contributed by atoms with Crippen LogP contribution < -0.4 is 4.72 Å². The number of H-pyrrole nitrogens is 1. The van der Waals surface area contributed by atoms with Crippen molar-refractivity contribution >= 4 is 16.0 Å². The minimum Gasteiger partial charge on any atom is -0.478 e. The lowest BCUT2D eigenvalue weighted by Gasteiger charge is -2.13. The zero-order valence-electron chi connectivity index (χ0n) is 10.9. The smallest absolute Gasteiger partial charge is 0.335 e. The van der Waals surface area contributed by atoms with Crippen molar-refractivity contribution in [3.8, 4) is 0 Å². The van der Waals surface area contributed by atoms with Crippen LogP contribution in [0.15, 0.2) is 35.5 Å². The van der Waals surface area contributed by atoms with Gasteiger partial charge in [-0.3, -0.25) is 5.10 Å². The molecule has 0 aliphatic rings. The van der Waals surface area contributed by atoms with Crippen LogP contribution in [0.1, 0.15) is 28.9 Å². The fraction of sp³-hybridized carbons (Fsp3) is 0.167. The number of nitrogens with zero attached hydrogens (tertiary/aromatic N) is 1. The van der Waals surface area contributed by atoms with E-state index in [9.17, 15) is 17.6 Å². The standard InChI is InChI=1S/C12H12FN3O4S/c1-7(9-5-14-15-6-9)16-21(19,20)11-4-8(12(17)18)2-3-10(11)13/h2-7,16H,1H3,(H,14,15)(H,17,18). The van der Waals surface area contributed by atoms with Crippen molar-refractivity contribution in [2.45, 2.75) is 17.9 Å². The van der Waals surface area contributed by atoms with Gasteiger partial charge in [-0.15, -0.1) is 0 Å². The van der Waals surface area contributed by atoms with E-state index in [2.05, 4.69) is 14.9 Å². The van der Waals surface area contributed by atoms with Gasteiger partial charge in [0.15, 0.2) is 0 Å². The maximum absolute atomic E-state index is 13.7. The van der Waals surface area contributed by atoms with E-state index in [1.807, 2.05) is 0 Å². The summed E-state index contributed by atoms with van der Waals surface area (Å²) < 4.78 is 40.3. The molecule has 2 rings (SSSR count). The predicted molar refractivity (Wildman–Crippen MR) is 70.7 cm³/mol. The Morgan fingerprint density at radius 3 is 2.76 bits per heavy atom. The molecule has 9 heteroatoms. The van der Waals surface area contributed by atoms with E-state index in [-0.39, 0.29) is 5.56 Å². The number of sulfonamides is 1. The largest absolute Gasteiger partial charge is 0.478 e. The van der Waals surface area contributed by atoms with Crippen molar-refractivity contribution in [1.82, 2.24) is 14.9 Å². The van der Waals surface area contributed by atoms with Crippen LogP contribution in [0.2, 0.25) is 0 Å². The van der Waals surface area contributed by atoms with Crippen LogP contribution in [0.5, 0.6) is 0 Å². The highest BCUT2D eigenvalue weighted by atomic mass is 32.2. The Bertz CT molecular complexity index is 759. The topological polar surface area (TPSA) is 112 Å². The zero-order chi connectivity index (χ0) is 15.6. The summed E-state index contributed by atoms with van der Waals surface area (Å²) in [6, 6.07) is 1.93. The molecule has 1 heterocycles. The molecule has 1 aromatic carbocycles. The Morgan fingerprint density at radius 1 is 1.48 bits per heavy atom. The number of aromatic nitrogens is 2. The Kier molecular flexibility index (Phi) is 4.05. The number of carboxylic acid groups (broad SMARTS) is 1. The SMILES string of the molecule is CC(NS(=O)(=O)c1cc(C(=O)O)ccc1F)c1cn[nH]c1. The van der Waals surface area contributed by atoms with Crippen molar-refractivity contribution in [1.29, 1.82) is 0 Å². The van der Waals surface area contributed by atoms with Gasteiger partial charge in [0, 0.05) is 17.8 Å². The van der Waals surface area contributed by atoms with Crippen LogP contribution in [0, 0.1) is 5.82 Å². The highest BCUT2D eigenvalue weighted by Crippen LogP contribution is 2.20. The Balaban J connectivity index is 2.35. The fourth-order valence-electron chi connectivity index (χ4n) is 1.70. The highest BCUT2D eigenvalue weighted by Gasteiger charge is 2.23. The average Bonchev–Trinajstić information content (AvgIpc) is 2.92. The average molecular weight is 313 g/mol. The number of aromatic carboxylic acids is 1. The molecule has 1 unspecified atom stereocenters. The summed E-state index contributed by atoms with van der Waals surface area (Å²) in [6.07, 6.45) is 2.93. The highest BCUT2D eigenvalue weighted by molar-refractivity contribution is 7.89. The van der Waals surface area contributed by atoms with Gasteiger partial charge in [-0.05, 0) is 25.1 Å². The number of carbonyl (C=O) groups is 1. The molecule has 0 saturated carbocycles. The maximum Gasteiger partial charge on any atom is 0.335 e. The molecular formula is C12H12FN3O4S. The second-order valence-electron chi connectivity index (χ2n) is 4.32. The monoisotopic (exact) mass is 313 g/mol. The van der Waals surface area contributed by atoms with E-state index in [0.717, 1.165) is 18.2 Å². The second kappa shape index (κ2) is 5.62. The number of halogens is 1. The number of rotatable bonds is 5. The minimum absolute atomic E-state index is 0.312. The molecule has 2 aromatic rings. The van der Waals surface area contributed by atoms with E-state index in [0.29, 0.717) is 5.56 Å². The minimum atomic E-state index is -4.20. The molecule has 1 aromatic heterocycles. The van der Waals surface area contributed by atoms with Gasteiger partial charge < -0.3 is 5.11 Å². The first kappa shape index (κ1) is 15.1. The molecule has 7 nitrogen and oxygen atoms in total. The normalized spacial score (nSPS) is 13.0. The predicted octanol–water partition coefficient (Wildman–Crippen LogP) is 1.29. The summed E-state index contributed by atoms with van der Waals surface area (Å²) in [7, 11) is -4.20. The first-order valence-corrected chi connectivity index (χ1v) is 7.33. The van der Waals surface area contributed by atoms with Crippen LogP contribution in [0.25, 0.3) is 0 Å². The molecule has 0 spiro atoms. The van der Waals surface area contributed by atoms with Gasteiger partial charge >= 0.3 is 5.97 Å². The third-order valence-electron chi connectivity index (χ3n) is 2.82. The van der Waals surface area contributed by atoms with Gasteiger partial charge in [0.25, 0.3) is 0 Å². The van der Waals surface area contributed by atoms with Crippen molar-refractivity contribution in [3.05, 3.63) is 47.5 Å². The quantitative estimate of drug-likeness (QED) is 0.770. The van der Waals surface area contributed by atoms with Gasteiger partial charge in [-0.2, -0.15) is 5.10 Å². The van der Waals surface area contributed by atoms with Crippen LogP contribution in [0.3, 0.4) is 0 Å². The third-order valence-corrected chi connectivity index (χ3v) is 4.37. The number of carboxylic acids is 1. The molecule has 0 saturated heterocycles. The molecule has 0 bridgehead atoms. The lowest BCUT2D eigenvalue weighted by Crippen LogP contribution is -2.27.